The Hall–Kier alpha value is -6.32. The molecule has 3 atom stereocenters. The van der Waals surface area contributed by atoms with Crippen molar-refractivity contribution in [1.29, 1.82) is 0 Å². The van der Waals surface area contributed by atoms with Crippen LogP contribution in [0.15, 0.2) is 78.6 Å². The number of nitrogens with one attached hydrogen (secondary N) is 2. The largest absolute Gasteiger partial charge is 0.392 e. The Kier molecular flexibility index (Phi) is 11.4. The quantitative estimate of drug-likeness (QED) is 0.140. The molecular weight excluding hydrogens is 807 g/mol. The zero-order valence-corrected chi connectivity index (χ0v) is 37.8. The van der Waals surface area contributed by atoms with Gasteiger partial charge in [0.15, 0.2) is 0 Å². The van der Waals surface area contributed by atoms with Gasteiger partial charge in [-0.1, -0.05) is 20.4 Å². The van der Waals surface area contributed by atoms with Crippen LogP contribution in [-0.2, 0) is 37.8 Å². The lowest BCUT2D eigenvalue weighted by atomic mass is 9.90. The number of piperidine rings is 1. The number of aromatic nitrogens is 5. The minimum absolute atomic E-state index is 0.138. The lowest BCUT2D eigenvalue weighted by molar-refractivity contribution is -0.111. The maximum atomic E-state index is 14.0. The number of nitrogens with zero attached hydrogens (tertiary/aromatic N) is 9. The average molecular weight is 866 g/mol. The first-order valence-corrected chi connectivity index (χ1v) is 22.4. The van der Waals surface area contributed by atoms with Crippen molar-refractivity contribution in [3.8, 4) is 11.1 Å². The minimum Gasteiger partial charge on any atom is -0.392 e. The Balaban J connectivity index is 0.939. The van der Waals surface area contributed by atoms with Crippen LogP contribution in [0.4, 0.5) is 34.4 Å². The van der Waals surface area contributed by atoms with Gasteiger partial charge in [-0.05, 0) is 99.4 Å². The van der Waals surface area contributed by atoms with Gasteiger partial charge < -0.3 is 34.7 Å². The van der Waals surface area contributed by atoms with Crippen LogP contribution in [0.2, 0.25) is 0 Å². The molecule has 2 amide bonds. The summed E-state index contributed by atoms with van der Waals surface area (Å²) >= 11 is 0. The van der Waals surface area contributed by atoms with Gasteiger partial charge in [0.05, 0.1) is 24.2 Å². The zero-order chi connectivity index (χ0) is 45.0. The van der Waals surface area contributed by atoms with Crippen molar-refractivity contribution in [2.24, 2.45) is 12.5 Å². The van der Waals surface area contributed by atoms with Gasteiger partial charge in [-0.15, -0.1) is 0 Å². The standard InChI is InChI=1S/C49H59N11O4/c1-8-45(62)54-39-23-44(52-26-43(39)58-16-15-56(27-32(58)4)35-11-14-57(31(3)20-35)36-9-12-50-30(2)19-36)53-40-21-34(28-55(7)47(40)63)37-10-13-51-46(38(37)29-61)60-18-17-59-41(48(60)64)22-33-24-49(5,6)25-42(33)59/h8-10,12-13,19,21-23,26,28,31-32,35,61H,1,11,14-18,20,24-25,27,29H2,2-7H3,(H2,52,53,54,62)/t31-,32-,35?/m0/s1. The van der Waals surface area contributed by atoms with Crippen LogP contribution in [-0.4, -0.2) is 96.8 Å². The van der Waals surface area contributed by atoms with Crippen LogP contribution in [0.1, 0.15) is 73.5 Å². The number of aliphatic hydroxyl groups excluding tert-OH is 1. The van der Waals surface area contributed by atoms with E-state index in [9.17, 15) is 19.5 Å². The summed E-state index contributed by atoms with van der Waals surface area (Å²) in [6, 6.07) is 12.6. The highest BCUT2D eigenvalue weighted by atomic mass is 16.3. The monoisotopic (exact) mass is 865 g/mol. The molecule has 15 heteroatoms. The highest BCUT2D eigenvalue weighted by molar-refractivity contribution is 6.06. The van der Waals surface area contributed by atoms with Gasteiger partial charge in [-0.2, -0.15) is 0 Å². The second kappa shape index (κ2) is 17.0. The Bertz CT molecular complexity index is 2710. The van der Waals surface area contributed by atoms with Crippen LogP contribution in [0.25, 0.3) is 11.1 Å². The van der Waals surface area contributed by atoms with E-state index in [-0.39, 0.29) is 41.1 Å². The van der Waals surface area contributed by atoms with Gasteiger partial charge in [0, 0.05) is 117 Å². The van der Waals surface area contributed by atoms with Crippen molar-refractivity contribution in [3.63, 3.8) is 0 Å². The predicted molar refractivity (Wildman–Crippen MR) is 252 cm³/mol. The van der Waals surface area contributed by atoms with Crippen LogP contribution in [0.5, 0.6) is 0 Å². The number of pyridine rings is 4. The first-order valence-electron chi connectivity index (χ1n) is 22.4. The number of aliphatic hydroxyl groups is 1. The second-order valence-electron chi connectivity index (χ2n) is 18.8. The molecule has 5 aromatic heterocycles. The molecule has 9 rings (SSSR count). The molecule has 0 aromatic carbocycles. The first-order chi connectivity index (χ1) is 30.7. The molecule has 2 saturated heterocycles. The van der Waals surface area contributed by atoms with E-state index in [2.05, 4.69) is 86.3 Å². The summed E-state index contributed by atoms with van der Waals surface area (Å²) in [7, 11) is 1.67. The molecule has 334 valence electrons. The number of hydrogen-bond donors (Lipinski definition) is 3. The molecular formula is C49H59N11O4. The number of fused-ring (bicyclic) bond motifs is 3. The van der Waals surface area contributed by atoms with E-state index in [1.165, 1.54) is 27.6 Å². The third-order valence-electron chi connectivity index (χ3n) is 13.7. The molecule has 5 aromatic rings. The van der Waals surface area contributed by atoms with Crippen molar-refractivity contribution in [2.45, 2.75) is 91.6 Å². The summed E-state index contributed by atoms with van der Waals surface area (Å²) in [6.45, 7) is 18.9. The predicted octanol–water partition coefficient (Wildman–Crippen LogP) is 6.06. The van der Waals surface area contributed by atoms with E-state index in [1.807, 2.05) is 19.2 Å². The molecule has 0 radical (unpaired) electrons. The topological polar surface area (TPSA) is 157 Å². The molecule has 4 aliphatic rings. The maximum Gasteiger partial charge on any atom is 0.276 e. The number of hydrogen-bond acceptors (Lipinski definition) is 11. The van der Waals surface area contributed by atoms with Gasteiger partial charge >= 0.3 is 0 Å². The summed E-state index contributed by atoms with van der Waals surface area (Å²) in [6.07, 6.45) is 12.3. The Morgan fingerprint density at radius 2 is 1.77 bits per heavy atom. The zero-order valence-electron chi connectivity index (χ0n) is 37.8. The normalized spacial score (nSPS) is 20.8. The highest BCUT2D eigenvalue weighted by Crippen LogP contribution is 2.41. The number of anilines is 6. The fourth-order valence-corrected chi connectivity index (χ4v) is 10.6. The lowest BCUT2D eigenvalue weighted by Gasteiger charge is -2.48. The number of piperazine rings is 1. The van der Waals surface area contributed by atoms with Gasteiger partial charge in [0.25, 0.3) is 11.5 Å². The van der Waals surface area contributed by atoms with E-state index < -0.39 is 0 Å². The van der Waals surface area contributed by atoms with Crippen molar-refractivity contribution in [1.82, 2.24) is 29.0 Å². The average Bonchev–Trinajstić information content (AvgIpc) is 3.77. The summed E-state index contributed by atoms with van der Waals surface area (Å²) < 4.78 is 3.63. The Morgan fingerprint density at radius 1 is 0.953 bits per heavy atom. The van der Waals surface area contributed by atoms with E-state index in [1.54, 1.807) is 48.7 Å². The number of amides is 2. The van der Waals surface area contributed by atoms with Crippen LogP contribution < -0.4 is 30.9 Å². The Labute approximate surface area is 374 Å². The molecule has 3 aliphatic heterocycles. The maximum absolute atomic E-state index is 14.0. The van der Waals surface area contributed by atoms with E-state index >= 15 is 0 Å². The smallest absolute Gasteiger partial charge is 0.276 e. The van der Waals surface area contributed by atoms with Crippen molar-refractivity contribution < 1.29 is 14.7 Å². The van der Waals surface area contributed by atoms with Gasteiger partial charge in [-0.3, -0.25) is 29.2 Å². The summed E-state index contributed by atoms with van der Waals surface area (Å²) in [5, 5.41) is 17.1. The molecule has 0 bridgehead atoms. The van der Waals surface area contributed by atoms with E-state index in [0.717, 1.165) is 63.2 Å². The molecule has 1 unspecified atom stereocenters. The molecule has 0 spiro atoms. The number of carbonyl (C=O) groups excluding carboxylic acids is 2. The van der Waals surface area contributed by atoms with E-state index in [4.69, 9.17) is 4.98 Å². The van der Waals surface area contributed by atoms with E-state index in [0.29, 0.717) is 64.9 Å². The van der Waals surface area contributed by atoms with Gasteiger partial charge in [0.2, 0.25) is 5.91 Å². The fraction of sp³-hybridized carbons (Fsp3) is 0.429. The number of carbonyl (C=O) groups is 2. The molecule has 0 saturated carbocycles. The number of aryl methyl sites for hydroxylation is 2. The Morgan fingerprint density at radius 3 is 2.52 bits per heavy atom. The fourth-order valence-electron chi connectivity index (χ4n) is 10.6. The molecule has 8 heterocycles. The third kappa shape index (κ3) is 8.06. The lowest BCUT2D eigenvalue weighted by Crippen LogP contribution is -2.58. The van der Waals surface area contributed by atoms with Gasteiger partial charge in [0.1, 0.15) is 23.0 Å². The van der Waals surface area contributed by atoms with Crippen molar-refractivity contribution >= 4 is 46.2 Å². The highest BCUT2D eigenvalue weighted by Gasteiger charge is 2.38. The number of rotatable bonds is 10. The molecule has 64 heavy (non-hydrogen) atoms. The summed E-state index contributed by atoms with van der Waals surface area (Å²) in [5.74, 6) is 0.260. The summed E-state index contributed by atoms with van der Waals surface area (Å²) in [5.41, 5.74) is 8.61. The molecule has 15 nitrogen and oxygen atoms in total. The molecule has 3 N–H and O–H groups in total. The molecule has 2 fully saturated rings. The molecule has 1 aliphatic carbocycles. The third-order valence-corrected chi connectivity index (χ3v) is 13.7. The van der Waals surface area contributed by atoms with Gasteiger partial charge in [-0.25, -0.2) is 9.97 Å². The SMILES string of the molecule is C=CC(=O)Nc1cc(Nc2cc(-c3ccnc(N4CCn5c(cc6c5CC(C)(C)C6)C4=O)c3CO)cn(C)c2=O)ncc1N1CCN(C2CCN(c3ccnc(C)c3)[C@@H](C)C2)C[C@@H]1C. The van der Waals surface area contributed by atoms with Crippen molar-refractivity contribution in [3.05, 3.63) is 112 Å². The van der Waals surface area contributed by atoms with Crippen molar-refractivity contribution in [2.75, 3.05) is 58.1 Å². The second-order valence-corrected chi connectivity index (χ2v) is 18.8. The van der Waals surface area contributed by atoms with Crippen LogP contribution >= 0.6 is 0 Å². The van der Waals surface area contributed by atoms with Crippen LogP contribution in [0, 0.1) is 12.3 Å². The van der Waals surface area contributed by atoms with Crippen LogP contribution in [0.3, 0.4) is 0 Å². The summed E-state index contributed by atoms with van der Waals surface area (Å²) in [4.78, 5) is 63.4. The first kappa shape index (κ1) is 43.0. The minimum atomic E-state index is -0.369.